The number of ether oxygens (including phenoxy) is 4. The summed E-state index contributed by atoms with van der Waals surface area (Å²) in [7, 11) is 1.62. The first-order chi connectivity index (χ1) is 9.92. The van der Waals surface area contributed by atoms with Crippen LogP contribution in [0.25, 0.3) is 0 Å². The Hall–Kier alpha value is -0.990. The van der Waals surface area contributed by atoms with Gasteiger partial charge in [-0.15, -0.1) is 13.2 Å². The molecule has 8 heteroatoms. The summed E-state index contributed by atoms with van der Waals surface area (Å²) in [5.74, 6) is 0.113. The minimum atomic E-state index is -4.72. The predicted molar refractivity (Wildman–Crippen MR) is 73.6 cm³/mol. The van der Waals surface area contributed by atoms with Gasteiger partial charge >= 0.3 is 6.36 Å². The number of hydrogen-bond acceptors (Lipinski definition) is 4. The molecule has 0 saturated heterocycles. The maximum absolute atomic E-state index is 12.1. The van der Waals surface area contributed by atoms with Gasteiger partial charge in [-0.3, -0.25) is 0 Å². The second-order valence-corrected chi connectivity index (χ2v) is 4.80. The van der Waals surface area contributed by atoms with Gasteiger partial charge in [0, 0.05) is 20.3 Å². The smallest absolute Gasteiger partial charge is 0.491 e. The topological polar surface area (TPSA) is 36.9 Å². The van der Waals surface area contributed by atoms with Gasteiger partial charge in [0.2, 0.25) is 0 Å². The fourth-order valence-corrected chi connectivity index (χ4v) is 1.84. The second-order valence-electron chi connectivity index (χ2n) is 3.95. The molecule has 0 amide bonds. The molecule has 4 nitrogen and oxygen atoms in total. The molecule has 0 unspecified atom stereocenters. The van der Waals surface area contributed by atoms with Crippen LogP contribution in [0.1, 0.15) is 6.42 Å². The molecule has 0 aliphatic carbocycles. The normalized spacial score (nSPS) is 11.5. The van der Waals surface area contributed by atoms with Crippen LogP contribution in [0.4, 0.5) is 13.2 Å². The fraction of sp³-hybridized carbons (Fsp3) is 0.538. The number of hydrogen-bond donors (Lipinski definition) is 0. The lowest BCUT2D eigenvalue weighted by Crippen LogP contribution is -2.17. The Labute approximate surface area is 129 Å². The summed E-state index contributed by atoms with van der Waals surface area (Å²) in [6.45, 7) is 1.90. The largest absolute Gasteiger partial charge is 0.573 e. The summed E-state index contributed by atoms with van der Waals surface area (Å²) in [6, 6.07) is 4.00. The van der Waals surface area contributed by atoms with Crippen LogP contribution in [0.5, 0.6) is 11.5 Å². The molecular weight excluding hydrogens is 357 g/mol. The molecule has 0 bridgehead atoms. The van der Waals surface area contributed by atoms with Crippen molar-refractivity contribution < 1.29 is 32.1 Å². The summed E-state index contributed by atoms with van der Waals surface area (Å²) in [5.41, 5.74) is 0. The van der Waals surface area contributed by atoms with Crippen molar-refractivity contribution in [3.8, 4) is 11.5 Å². The molecule has 1 aromatic rings. The minimum absolute atomic E-state index is 0.165. The van der Waals surface area contributed by atoms with Crippen molar-refractivity contribution in [1.82, 2.24) is 0 Å². The number of rotatable bonds is 9. The van der Waals surface area contributed by atoms with E-state index in [-0.39, 0.29) is 10.2 Å². The fourth-order valence-electron chi connectivity index (χ4n) is 1.40. The Morgan fingerprint density at radius 3 is 2.48 bits per heavy atom. The molecule has 0 atom stereocenters. The summed E-state index contributed by atoms with van der Waals surface area (Å²) in [5, 5.41) is 0. The SMILES string of the molecule is COCCCOCCOc1ccc(OC(F)(F)F)c(Br)c1. The Morgan fingerprint density at radius 2 is 1.86 bits per heavy atom. The molecular formula is C13H16BrF3O4. The molecule has 0 saturated carbocycles. The zero-order valence-electron chi connectivity index (χ0n) is 11.4. The zero-order valence-corrected chi connectivity index (χ0v) is 13.0. The van der Waals surface area contributed by atoms with Crippen LogP contribution in [0.15, 0.2) is 22.7 Å². The highest BCUT2D eigenvalue weighted by molar-refractivity contribution is 9.10. The van der Waals surface area contributed by atoms with Gasteiger partial charge in [0.05, 0.1) is 11.1 Å². The predicted octanol–water partition coefficient (Wildman–Crippen LogP) is 3.78. The monoisotopic (exact) mass is 372 g/mol. The van der Waals surface area contributed by atoms with E-state index in [9.17, 15) is 13.2 Å². The minimum Gasteiger partial charge on any atom is -0.491 e. The maximum Gasteiger partial charge on any atom is 0.573 e. The Balaban J connectivity index is 2.32. The molecule has 0 spiro atoms. The second kappa shape index (κ2) is 9.11. The summed E-state index contributed by atoms with van der Waals surface area (Å²) in [6.07, 6.45) is -3.92. The molecule has 0 aliphatic heterocycles. The highest BCUT2D eigenvalue weighted by Crippen LogP contribution is 2.33. The average molecular weight is 373 g/mol. The van der Waals surface area contributed by atoms with Crippen LogP contribution in [-0.4, -0.2) is 39.9 Å². The first-order valence-electron chi connectivity index (χ1n) is 6.17. The van der Waals surface area contributed by atoms with E-state index >= 15 is 0 Å². The maximum atomic E-state index is 12.1. The van der Waals surface area contributed by atoms with Crippen LogP contribution in [-0.2, 0) is 9.47 Å². The molecule has 1 rings (SSSR count). The van der Waals surface area contributed by atoms with E-state index in [0.29, 0.717) is 32.2 Å². The summed E-state index contributed by atoms with van der Waals surface area (Å²) < 4.78 is 55.8. The van der Waals surface area contributed by atoms with Gasteiger partial charge in [-0.25, -0.2) is 0 Å². The van der Waals surface area contributed by atoms with Crippen LogP contribution >= 0.6 is 15.9 Å². The van der Waals surface area contributed by atoms with Crippen molar-refractivity contribution in [2.75, 3.05) is 33.5 Å². The number of methoxy groups -OCH3 is 1. The lowest BCUT2D eigenvalue weighted by atomic mass is 10.3. The first kappa shape index (κ1) is 18.1. The van der Waals surface area contributed by atoms with Crippen LogP contribution in [0.2, 0.25) is 0 Å². The van der Waals surface area contributed by atoms with Crippen molar-refractivity contribution in [2.45, 2.75) is 12.8 Å². The number of alkyl halides is 3. The Kier molecular flexibility index (Phi) is 7.84. The van der Waals surface area contributed by atoms with Gasteiger partial charge in [-0.1, -0.05) is 0 Å². The lowest BCUT2D eigenvalue weighted by Gasteiger charge is -2.12. The number of benzene rings is 1. The third kappa shape index (κ3) is 8.13. The summed E-state index contributed by atoms with van der Waals surface area (Å²) >= 11 is 3.00. The molecule has 0 aliphatic rings. The molecule has 21 heavy (non-hydrogen) atoms. The van der Waals surface area contributed by atoms with Gasteiger partial charge in [0.25, 0.3) is 0 Å². The van der Waals surface area contributed by atoms with E-state index in [4.69, 9.17) is 14.2 Å². The molecule has 0 N–H and O–H groups in total. The Morgan fingerprint density at radius 1 is 1.10 bits per heavy atom. The first-order valence-corrected chi connectivity index (χ1v) is 6.96. The van der Waals surface area contributed by atoms with Crippen molar-refractivity contribution in [1.29, 1.82) is 0 Å². The molecule has 1 aromatic carbocycles. The Bertz CT molecular complexity index is 426. The van der Waals surface area contributed by atoms with Gasteiger partial charge < -0.3 is 18.9 Å². The average Bonchev–Trinajstić information content (AvgIpc) is 2.39. The zero-order chi connectivity index (χ0) is 15.7. The van der Waals surface area contributed by atoms with Crippen LogP contribution in [0, 0.1) is 0 Å². The molecule has 0 aromatic heterocycles. The molecule has 0 fully saturated rings. The van der Waals surface area contributed by atoms with Crippen LogP contribution in [0.3, 0.4) is 0 Å². The molecule has 0 radical (unpaired) electrons. The highest BCUT2D eigenvalue weighted by Gasteiger charge is 2.31. The van der Waals surface area contributed by atoms with Gasteiger partial charge in [-0.05, 0) is 40.5 Å². The van der Waals surface area contributed by atoms with Gasteiger partial charge in [-0.2, -0.15) is 0 Å². The van der Waals surface area contributed by atoms with E-state index in [1.165, 1.54) is 18.2 Å². The van der Waals surface area contributed by atoms with E-state index in [2.05, 4.69) is 20.7 Å². The van der Waals surface area contributed by atoms with E-state index < -0.39 is 6.36 Å². The van der Waals surface area contributed by atoms with E-state index in [0.717, 1.165) is 6.42 Å². The quantitative estimate of drug-likeness (QED) is 0.618. The highest BCUT2D eigenvalue weighted by atomic mass is 79.9. The van der Waals surface area contributed by atoms with Gasteiger partial charge in [0.1, 0.15) is 18.1 Å². The lowest BCUT2D eigenvalue weighted by molar-refractivity contribution is -0.274. The van der Waals surface area contributed by atoms with Crippen molar-refractivity contribution >= 4 is 15.9 Å². The van der Waals surface area contributed by atoms with Gasteiger partial charge in [0.15, 0.2) is 0 Å². The molecule has 0 heterocycles. The third-order valence-corrected chi connectivity index (χ3v) is 2.88. The molecule has 120 valence electrons. The van der Waals surface area contributed by atoms with Crippen molar-refractivity contribution in [3.05, 3.63) is 22.7 Å². The standard InChI is InChI=1S/C13H16BrF3O4/c1-18-5-2-6-19-7-8-20-10-3-4-12(11(14)9-10)21-13(15,16)17/h3-4,9H,2,5-8H2,1H3. The van der Waals surface area contributed by atoms with Crippen molar-refractivity contribution in [3.63, 3.8) is 0 Å². The number of halogens is 4. The van der Waals surface area contributed by atoms with Crippen molar-refractivity contribution in [2.24, 2.45) is 0 Å². The van der Waals surface area contributed by atoms with Crippen LogP contribution < -0.4 is 9.47 Å². The van der Waals surface area contributed by atoms with E-state index in [1.54, 1.807) is 7.11 Å². The van der Waals surface area contributed by atoms with E-state index in [1.807, 2.05) is 0 Å². The third-order valence-electron chi connectivity index (χ3n) is 2.26. The summed E-state index contributed by atoms with van der Waals surface area (Å²) in [4.78, 5) is 0.